The number of halogens is 1. The summed E-state index contributed by atoms with van der Waals surface area (Å²) in [6.07, 6.45) is 0.209. The van der Waals surface area contributed by atoms with Gasteiger partial charge >= 0.3 is 0 Å². The van der Waals surface area contributed by atoms with E-state index < -0.39 is 6.04 Å². The number of carbonyl (C=O) groups is 2. The summed E-state index contributed by atoms with van der Waals surface area (Å²) in [7, 11) is 0. The zero-order valence-electron chi connectivity index (χ0n) is 18.0. The largest absolute Gasteiger partial charge is 0.378 e. The number of amides is 2. The summed E-state index contributed by atoms with van der Waals surface area (Å²) < 4.78 is 18.6. The minimum atomic E-state index is -0.420. The summed E-state index contributed by atoms with van der Waals surface area (Å²) in [5.41, 5.74) is 2.68. The van der Waals surface area contributed by atoms with Crippen molar-refractivity contribution in [1.82, 2.24) is 4.90 Å². The molecule has 3 heterocycles. The Morgan fingerprint density at radius 3 is 1.88 bits per heavy atom. The third-order valence-electron chi connectivity index (χ3n) is 6.55. The van der Waals surface area contributed by atoms with Gasteiger partial charge in [-0.25, -0.2) is 9.29 Å². The fourth-order valence-corrected chi connectivity index (χ4v) is 4.75. The van der Waals surface area contributed by atoms with Crippen molar-refractivity contribution in [2.45, 2.75) is 12.5 Å². The van der Waals surface area contributed by atoms with E-state index in [0.717, 1.165) is 37.6 Å². The molecule has 0 radical (unpaired) electrons. The molecule has 0 unspecified atom stereocenters. The standard InChI is InChI=1S/C24H27FN4O3/c25-18-1-3-19(4-2-18)26-9-11-28(12-10-26)22-17-23(30)29(24(22)31)21-7-5-20(6-8-21)27-13-15-32-16-14-27/h1-8,22H,9-17H2/t22-/m1/s1. The van der Waals surface area contributed by atoms with Crippen molar-refractivity contribution >= 4 is 28.9 Å². The van der Waals surface area contributed by atoms with Gasteiger partial charge in [0.25, 0.3) is 5.91 Å². The molecule has 0 spiro atoms. The van der Waals surface area contributed by atoms with Crippen molar-refractivity contribution < 1.29 is 18.7 Å². The molecule has 2 aromatic carbocycles. The van der Waals surface area contributed by atoms with E-state index in [-0.39, 0.29) is 24.1 Å². The Kier molecular flexibility index (Phi) is 5.80. The molecule has 0 N–H and O–H groups in total. The smallest absolute Gasteiger partial charge is 0.251 e. The first-order chi connectivity index (χ1) is 15.6. The lowest BCUT2D eigenvalue weighted by Gasteiger charge is -2.38. The number of hydrogen-bond donors (Lipinski definition) is 0. The summed E-state index contributed by atoms with van der Waals surface area (Å²) in [5, 5.41) is 0. The molecule has 0 saturated carbocycles. The molecule has 3 aliphatic heterocycles. The van der Waals surface area contributed by atoms with Gasteiger partial charge in [0.1, 0.15) is 5.82 Å². The summed E-state index contributed by atoms with van der Waals surface area (Å²) in [4.78, 5) is 33.8. The van der Waals surface area contributed by atoms with E-state index >= 15 is 0 Å². The van der Waals surface area contributed by atoms with Crippen molar-refractivity contribution in [2.24, 2.45) is 0 Å². The van der Waals surface area contributed by atoms with Crippen molar-refractivity contribution in [1.29, 1.82) is 0 Å². The molecule has 3 aliphatic rings. The highest BCUT2D eigenvalue weighted by Gasteiger charge is 2.43. The van der Waals surface area contributed by atoms with E-state index in [4.69, 9.17) is 4.74 Å². The molecule has 2 amide bonds. The van der Waals surface area contributed by atoms with E-state index in [0.29, 0.717) is 32.0 Å². The average molecular weight is 439 g/mol. The fraction of sp³-hybridized carbons (Fsp3) is 0.417. The van der Waals surface area contributed by atoms with E-state index in [2.05, 4.69) is 14.7 Å². The Morgan fingerprint density at radius 1 is 0.719 bits per heavy atom. The number of nitrogens with zero attached hydrogens (tertiary/aromatic N) is 4. The second-order valence-electron chi connectivity index (χ2n) is 8.40. The van der Waals surface area contributed by atoms with Gasteiger partial charge in [-0.3, -0.25) is 14.5 Å². The lowest BCUT2D eigenvalue weighted by atomic mass is 10.1. The first-order valence-corrected chi connectivity index (χ1v) is 11.1. The molecule has 1 atom stereocenters. The van der Waals surface area contributed by atoms with Gasteiger partial charge in [-0.15, -0.1) is 0 Å². The first-order valence-electron chi connectivity index (χ1n) is 11.1. The van der Waals surface area contributed by atoms with Gasteiger partial charge in [-0.05, 0) is 48.5 Å². The van der Waals surface area contributed by atoms with Gasteiger partial charge in [0.05, 0.1) is 31.4 Å². The van der Waals surface area contributed by atoms with Crippen LogP contribution in [-0.2, 0) is 14.3 Å². The molecular formula is C24H27FN4O3. The predicted octanol–water partition coefficient (Wildman–Crippen LogP) is 2.12. The Bertz CT molecular complexity index is 968. The number of piperazine rings is 1. The molecule has 5 rings (SSSR count). The highest BCUT2D eigenvalue weighted by molar-refractivity contribution is 6.22. The number of hydrogen-bond acceptors (Lipinski definition) is 6. The van der Waals surface area contributed by atoms with Crippen LogP contribution in [0.15, 0.2) is 48.5 Å². The quantitative estimate of drug-likeness (QED) is 0.682. The maximum absolute atomic E-state index is 13.2. The molecule has 2 aromatic rings. The van der Waals surface area contributed by atoms with Gasteiger partial charge in [-0.1, -0.05) is 0 Å². The second kappa shape index (κ2) is 8.88. The highest BCUT2D eigenvalue weighted by Crippen LogP contribution is 2.29. The Hall–Kier alpha value is -2.97. The topological polar surface area (TPSA) is 56.3 Å². The maximum atomic E-state index is 13.2. The lowest BCUT2D eigenvalue weighted by Crippen LogP contribution is -2.52. The summed E-state index contributed by atoms with van der Waals surface area (Å²) >= 11 is 0. The molecule has 3 saturated heterocycles. The van der Waals surface area contributed by atoms with E-state index in [1.165, 1.54) is 17.0 Å². The molecule has 0 bridgehead atoms. The SMILES string of the molecule is O=C1C[C@@H](N2CCN(c3ccc(F)cc3)CC2)C(=O)N1c1ccc(N2CCOCC2)cc1. The number of carbonyl (C=O) groups excluding carboxylic acids is 2. The van der Waals surface area contributed by atoms with Crippen molar-refractivity contribution in [3.63, 3.8) is 0 Å². The number of morpholine rings is 1. The number of benzene rings is 2. The first kappa shape index (κ1) is 20.9. The monoisotopic (exact) mass is 438 g/mol. The number of rotatable bonds is 4. The van der Waals surface area contributed by atoms with Crippen molar-refractivity contribution in [3.8, 4) is 0 Å². The summed E-state index contributed by atoms with van der Waals surface area (Å²) in [6, 6.07) is 13.7. The fourth-order valence-electron chi connectivity index (χ4n) is 4.75. The van der Waals surface area contributed by atoms with Gasteiger partial charge in [-0.2, -0.15) is 0 Å². The molecule has 0 aliphatic carbocycles. The Labute approximate surface area is 186 Å². The van der Waals surface area contributed by atoms with Crippen molar-refractivity contribution in [2.75, 3.05) is 67.2 Å². The average Bonchev–Trinajstić information content (AvgIpc) is 3.14. The molecular weight excluding hydrogens is 411 g/mol. The van der Waals surface area contributed by atoms with E-state index in [1.54, 1.807) is 12.1 Å². The van der Waals surface area contributed by atoms with Crippen LogP contribution >= 0.6 is 0 Å². The zero-order valence-corrected chi connectivity index (χ0v) is 18.0. The van der Waals surface area contributed by atoms with Crippen LogP contribution in [0.5, 0.6) is 0 Å². The van der Waals surface area contributed by atoms with Crippen LogP contribution in [0.4, 0.5) is 21.5 Å². The van der Waals surface area contributed by atoms with Crippen LogP contribution in [0.1, 0.15) is 6.42 Å². The normalized spacial score (nSPS) is 22.7. The van der Waals surface area contributed by atoms with Gasteiger partial charge < -0.3 is 14.5 Å². The minimum Gasteiger partial charge on any atom is -0.378 e. The third kappa shape index (κ3) is 4.08. The van der Waals surface area contributed by atoms with Crippen LogP contribution < -0.4 is 14.7 Å². The van der Waals surface area contributed by atoms with E-state index in [1.807, 2.05) is 24.3 Å². The van der Waals surface area contributed by atoms with E-state index in [9.17, 15) is 14.0 Å². The second-order valence-corrected chi connectivity index (χ2v) is 8.40. The molecule has 8 heteroatoms. The number of imide groups is 1. The van der Waals surface area contributed by atoms with Crippen molar-refractivity contribution in [3.05, 3.63) is 54.3 Å². The summed E-state index contributed by atoms with van der Waals surface area (Å²) in [5.74, 6) is -0.551. The molecule has 7 nitrogen and oxygen atoms in total. The maximum Gasteiger partial charge on any atom is 0.251 e. The molecule has 168 valence electrons. The summed E-state index contributed by atoms with van der Waals surface area (Å²) in [6.45, 7) is 5.94. The number of anilines is 3. The van der Waals surface area contributed by atoms with Crippen LogP contribution in [0.3, 0.4) is 0 Å². The molecule has 0 aromatic heterocycles. The van der Waals surface area contributed by atoms with Gasteiger partial charge in [0.15, 0.2) is 0 Å². The van der Waals surface area contributed by atoms with Crippen LogP contribution in [-0.4, -0.2) is 75.2 Å². The Balaban J connectivity index is 1.23. The number of ether oxygens (including phenoxy) is 1. The highest BCUT2D eigenvalue weighted by atomic mass is 19.1. The predicted molar refractivity (Wildman–Crippen MR) is 121 cm³/mol. The van der Waals surface area contributed by atoms with Crippen LogP contribution in [0.25, 0.3) is 0 Å². The van der Waals surface area contributed by atoms with Crippen LogP contribution in [0, 0.1) is 5.82 Å². The van der Waals surface area contributed by atoms with Crippen LogP contribution in [0.2, 0.25) is 0 Å². The minimum absolute atomic E-state index is 0.149. The zero-order chi connectivity index (χ0) is 22.1. The molecule has 3 fully saturated rings. The lowest BCUT2D eigenvalue weighted by molar-refractivity contribution is -0.123. The van der Waals surface area contributed by atoms with Gasteiger partial charge in [0, 0.05) is 50.6 Å². The van der Waals surface area contributed by atoms with Gasteiger partial charge in [0.2, 0.25) is 5.91 Å². The third-order valence-corrected chi connectivity index (χ3v) is 6.55. The Morgan fingerprint density at radius 2 is 1.25 bits per heavy atom. The molecule has 32 heavy (non-hydrogen) atoms.